The lowest BCUT2D eigenvalue weighted by Gasteiger charge is -2.30. The van der Waals surface area contributed by atoms with E-state index in [0.717, 1.165) is 41.4 Å². The monoisotopic (exact) mass is 726 g/mol. The lowest BCUT2D eigenvalue weighted by atomic mass is 9.75. The molecule has 1 aliphatic carbocycles. The first-order valence-electron chi connectivity index (χ1n) is 18.8. The first-order chi connectivity index (χ1) is 25.8. The summed E-state index contributed by atoms with van der Waals surface area (Å²) >= 11 is 0. The Morgan fingerprint density at radius 3 is 2.09 bits per heavy atom. The lowest BCUT2D eigenvalue weighted by Crippen LogP contribution is -2.20. The number of allylic oxidation sites excluding steroid dienone is 2. The van der Waals surface area contributed by atoms with Crippen molar-refractivity contribution in [3.05, 3.63) is 109 Å². The Bertz CT molecular complexity index is 1590. The van der Waals surface area contributed by atoms with E-state index in [1.165, 1.54) is 55.9 Å². The zero-order valence-corrected chi connectivity index (χ0v) is 31.9. The molecular formula is C45H58O8. The Kier molecular flexibility index (Phi) is 17.8. The minimum Gasteiger partial charge on any atom is -0.494 e. The third-order valence-corrected chi connectivity index (χ3v) is 9.63. The Balaban J connectivity index is 1.36. The minimum atomic E-state index is -1.08. The van der Waals surface area contributed by atoms with Crippen molar-refractivity contribution in [3.8, 4) is 33.8 Å². The number of hydrogen-bond donors (Lipinski definition) is 1. The fourth-order valence-electron chi connectivity index (χ4n) is 6.67. The van der Waals surface area contributed by atoms with Gasteiger partial charge in [-0.25, -0.2) is 4.79 Å². The van der Waals surface area contributed by atoms with Crippen LogP contribution in [0.5, 0.6) is 11.5 Å². The molecular weight excluding hydrogens is 668 g/mol. The van der Waals surface area contributed by atoms with Gasteiger partial charge in [-0.2, -0.15) is 0 Å². The molecule has 1 aliphatic rings. The van der Waals surface area contributed by atoms with E-state index >= 15 is 0 Å². The third-order valence-electron chi connectivity index (χ3n) is 9.63. The van der Waals surface area contributed by atoms with Crippen LogP contribution in [-0.2, 0) is 23.7 Å². The van der Waals surface area contributed by atoms with Gasteiger partial charge in [0, 0.05) is 19.8 Å². The van der Waals surface area contributed by atoms with Crippen LogP contribution in [0.15, 0.2) is 103 Å². The summed E-state index contributed by atoms with van der Waals surface area (Å²) in [5, 5.41) is 10.1. The van der Waals surface area contributed by atoms with E-state index in [2.05, 4.69) is 80.8 Å². The highest BCUT2D eigenvalue weighted by molar-refractivity contribution is 5.87. The molecule has 0 saturated heterocycles. The Morgan fingerprint density at radius 2 is 1.42 bits per heavy atom. The van der Waals surface area contributed by atoms with Gasteiger partial charge >= 0.3 is 5.97 Å². The van der Waals surface area contributed by atoms with Gasteiger partial charge in [-0.3, -0.25) is 0 Å². The van der Waals surface area contributed by atoms with E-state index in [-0.39, 0.29) is 19.8 Å². The zero-order valence-electron chi connectivity index (χ0n) is 31.9. The van der Waals surface area contributed by atoms with Gasteiger partial charge in [-0.1, -0.05) is 67.8 Å². The molecule has 1 N–H and O–H groups in total. The van der Waals surface area contributed by atoms with Crippen molar-refractivity contribution in [2.75, 3.05) is 53.9 Å². The summed E-state index contributed by atoms with van der Waals surface area (Å²) in [6.07, 6.45) is 12.1. The molecule has 286 valence electrons. The quantitative estimate of drug-likeness (QED) is 0.0340. The highest BCUT2D eigenvalue weighted by Gasteiger charge is 2.25. The molecule has 1 saturated carbocycles. The maximum absolute atomic E-state index is 11.8. The maximum atomic E-state index is 11.8. The van der Waals surface area contributed by atoms with E-state index in [1.54, 1.807) is 7.11 Å². The minimum absolute atomic E-state index is 0.172. The third kappa shape index (κ3) is 13.6. The smallest absolute Gasteiger partial charge is 0.335 e. The SMILES string of the molecule is C=C(COC)C(=O)OCCCCOc1ccc(-c2ccc(-c3ccc(OCCOC(O)C(=C)COC)cc3C3CCC(CC/C=C/C)CC3)cc2)cc1. The molecule has 3 aromatic rings. The fourth-order valence-corrected chi connectivity index (χ4v) is 6.67. The molecule has 1 atom stereocenters. The van der Waals surface area contributed by atoms with Gasteiger partial charge in [0.1, 0.15) is 18.1 Å². The fraction of sp³-hybridized carbons (Fsp3) is 0.444. The molecule has 0 aliphatic heterocycles. The normalized spacial score (nSPS) is 16.3. The van der Waals surface area contributed by atoms with Crippen LogP contribution in [0.1, 0.15) is 69.8 Å². The van der Waals surface area contributed by atoms with Crippen LogP contribution >= 0.6 is 0 Å². The lowest BCUT2D eigenvalue weighted by molar-refractivity contribution is -0.139. The van der Waals surface area contributed by atoms with Crippen LogP contribution in [-0.4, -0.2) is 71.2 Å². The second-order valence-electron chi connectivity index (χ2n) is 13.6. The number of ether oxygens (including phenoxy) is 6. The van der Waals surface area contributed by atoms with E-state index < -0.39 is 12.3 Å². The predicted octanol–water partition coefficient (Wildman–Crippen LogP) is 9.47. The molecule has 4 rings (SSSR count). The van der Waals surface area contributed by atoms with Gasteiger partial charge in [-0.15, -0.1) is 0 Å². The van der Waals surface area contributed by atoms with Gasteiger partial charge in [0.25, 0.3) is 0 Å². The van der Waals surface area contributed by atoms with Crippen LogP contribution in [0.2, 0.25) is 0 Å². The van der Waals surface area contributed by atoms with Gasteiger partial charge in [0.15, 0.2) is 6.29 Å². The summed E-state index contributed by atoms with van der Waals surface area (Å²) in [5.74, 6) is 2.43. The zero-order chi connectivity index (χ0) is 37.8. The van der Waals surface area contributed by atoms with Gasteiger partial charge in [0.2, 0.25) is 0 Å². The number of carbonyl (C=O) groups is 1. The summed E-state index contributed by atoms with van der Waals surface area (Å²) in [5.41, 5.74) is 6.79. The number of aliphatic hydroxyl groups excluding tert-OH is 1. The molecule has 8 heteroatoms. The number of esters is 1. The molecule has 0 heterocycles. The van der Waals surface area contributed by atoms with E-state index in [4.69, 9.17) is 28.4 Å². The van der Waals surface area contributed by atoms with Gasteiger partial charge < -0.3 is 33.5 Å². The maximum Gasteiger partial charge on any atom is 0.335 e. The number of aliphatic hydroxyl groups is 1. The average molecular weight is 727 g/mol. The molecule has 1 unspecified atom stereocenters. The number of methoxy groups -OCH3 is 2. The molecule has 0 spiro atoms. The average Bonchev–Trinajstić information content (AvgIpc) is 3.18. The van der Waals surface area contributed by atoms with Crippen LogP contribution in [0.3, 0.4) is 0 Å². The van der Waals surface area contributed by atoms with Gasteiger partial charge in [0.05, 0.1) is 38.6 Å². The van der Waals surface area contributed by atoms with Crippen molar-refractivity contribution in [1.82, 2.24) is 0 Å². The number of benzene rings is 3. The summed E-state index contributed by atoms with van der Waals surface area (Å²) in [6, 6.07) is 23.3. The molecule has 8 nitrogen and oxygen atoms in total. The Morgan fingerprint density at radius 1 is 0.792 bits per heavy atom. The summed E-state index contributed by atoms with van der Waals surface area (Å²) < 4.78 is 32.7. The first kappa shape index (κ1) is 41.5. The largest absolute Gasteiger partial charge is 0.494 e. The van der Waals surface area contributed by atoms with Crippen LogP contribution in [0.4, 0.5) is 0 Å². The topological polar surface area (TPSA) is 92.7 Å². The molecule has 3 aromatic carbocycles. The van der Waals surface area contributed by atoms with E-state index in [1.807, 2.05) is 18.2 Å². The van der Waals surface area contributed by atoms with Crippen molar-refractivity contribution in [2.24, 2.45) is 5.92 Å². The predicted molar refractivity (Wildman–Crippen MR) is 211 cm³/mol. The second kappa shape index (κ2) is 22.8. The van der Waals surface area contributed by atoms with Crippen molar-refractivity contribution >= 4 is 5.97 Å². The Hall–Kier alpha value is -4.21. The highest BCUT2D eigenvalue weighted by atomic mass is 16.6. The molecule has 0 aromatic heterocycles. The highest BCUT2D eigenvalue weighted by Crippen LogP contribution is 2.43. The van der Waals surface area contributed by atoms with Crippen LogP contribution in [0.25, 0.3) is 22.3 Å². The number of rotatable bonds is 23. The van der Waals surface area contributed by atoms with Crippen molar-refractivity contribution in [2.45, 2.75) is 70.5 Å². The summed E-state index contributed by atoms with van der Waals surface area (Å²) in [6.45, 7) is 11.4. The molecule has 0 amide bonds. The number of hydrogen-bond acceptors (Lipinski definition) is 8. The number of unbranched alkanes of at least 4 members (excludes halogenated alkanes) is 1. The molecule has 0 bridgehead atoms. The van der Waals surface area contributed by atoms with Gasteiger partial charge in [-0.05, 0) is 122 Å². The second-order valence-corrected chi connectivity index (χ2v) is 13.6. The summed E-state index contributed by atoms with van der Waals surface area (Å²) in [4.78, 5) is 11.8. The number of carbonyl (C=O) groups excluding carboxylic acids is 1. The standard InChI is InChI=1S/C45H58O8/c1-6-7-8-11-35-12-14-39(15-13-35)43-30-41(51-28-29-53-45(47)34(3)32-49-5)24-25-42(43)38-18-16-36(17-19-38)37-20-22-40(23-21-37)50-26-9-10-27-52-44(46)33(2)31-48-4/h6-7,16-25,30,35,39,45,47H,2-3,8-15,26-29,31-32H2,1,4-5H3/b7-6+. The van der Waals surface area contributed by atoms with Crippen LogP contribution in [0, 0.1) is 5.92 Å². The van der Waals surface area contributed by atoms with Crippen LogP contribution < -0.4 is 9.47 Å². The Labute approximate surface area is 316 Å². The van der Waals surface area contributed by atoms with Crippen molar-refractivity contribution in [3.63, 3.8) is 0 Å². The first-order valence-corrected chi connectivity index (χ1v) is 18.8. The molecule has 0 radical (unpaired) electrons. The van der Waals surface area contributed by atoms with Crippen molar-refractivity contribution in [1.29, 1.82) is 0 Å². The summed E-state index contributed by atoms with van der Waals surface area (Å²) in [7, 11) is 3.08. The van der Waals surface area contributed by atoms with E-state index in [0.29, 0.717) is 43.3 Å². The van der Waals surface area contributed by atoms with Crippen molar-refractivity contribution < 1.29 is 38.3 Å². The molecule has 53 heavy (non-hydrogen) atoms. The van der Waals surface area contributed by atoms with E-state index in [9.17, 15) is 9.90 Å². The molecule has 1 fully saturated rings.